The number of rotatable bonds is 12. The average molecular weight is 540 g/mol. The van der Waals surface area contributed by atoms with Crippen LogP contribution in [0.4, 0.5) is 0 Å². The minimum absolute atomic E-state index is 0.0676. The second-order valence-electron chi connectivity index (χ2n) is 10.7. The van der Waals surface area contributed by atoms with Crippen molar-refractivity contribution in [1.82, 2.24) is 14.5 Å². The quantitative estimate of drug-likeness (QED) is 0.176. The molecule has 1 amide bonds. The zero-order valence-electron chi connectivity index (χ0n) is 24.4. The fourth-order valence-corrected chi connectivity index (χ4v) is 5.05. The SMILES string of the molecule is CCCCCc1ccc(C(=O)N(CC(C)C)C(C)c2nc3ccccc3c(=O)n2-c2ccc(OCC)cc2)cc1. The molecule has 1 atom stereocenters. The Morgan fingerprint density at radius 1 is 0.925 bits per heavy atom. The number of nitrogens with zero attached hydrogens (tertiary/aromatic N) is 3. The largest absolute Gasteiger partial charge is 0.494 e. The summed E-state index contributed by atoms with van der Waals surface area (Å²) in [5, 5.41) is 0.535. The molecule has 1 aromatic heterocycles. The molecule has 0 spiro atoms. The van der Waals surface area contributed by atoms with Crippen molar-refractivity contribution < 1.29 is 9.53 Å². The molecule has 3 aromatic carbocycles. The fourth-order valence-electron chi connectivity index (χ4n) is 5.05. The Hall–Kier alpha value is -3.93. The summed E-state index contributed by atoms with van der Waals surface area (Å²) in [5.74, 6) is 1.42. The summed E-state index contributed by atoms with van der Waals surface area (Å²) in [6.07, 6.45) is 4.55. The zero-order valence-corrected chi connectivity index (χ0v) is 24.4. The van der Waals surface area contributed by atoms with Crippen molar-refractivity contribution >= 4 is 16.8 Å². The van der Waals surface area contributed by atoms with Gasteiger partial charge >= 0.3 is 0 Å². The van der Waals surface area contributed by atoms with Gasteiger partial charge in [-0.3, -0.25) is 14.2 Å². The van der Waals surface area contributed by atoms with Gasteiger partial charge in [-0.25, -0.2) is 4.98 Å². The van der Waals surface area contributed by atoms with Crippen LogP contribution in [0.3, 0.4) is 0 Å². The highest BCUT2D eigenvalue weighted by molar-refractivity contribution is 5.94. The van der Waals surface area contributed by atoms with Crippen molar-refractivity contribution in [3.05, 3.63) is 100 Å². The van der Waals surface area contributed by atoms with Gasteiger partial charge in [0.15, 0.2) is 0 Å². The predicted molar refractivity (Wildman–Crippen MR) is 162 cm³/mol. The van der Waals surface area contributed by atoms with Crippen molar-refractivity contribution in [3.63, 3.8) is 0 Å². The maximum atomic E-state index is 14.0. The van der Waals surface area contributed by atoms with E-state index in [4.69, 9.17) is 9.72 Å². The number of para-hydroxylation sites is 1. The Balaban J connectivity index is 1.77. The van der Waals surface area contributed by atoms with Crippen molar-refractivity contribution in [2.24, 2.45) is 5.92 Å². The molecule has 40 heavy (non-hydrogen) atoms. The summed E-state index contributed by atoms with van der Waals surface area (Å²) in [4.78, 5) is 34.7. The fraction of sp³-hybridized carbons (Fsp3) is 0.382. The van der Waals surface area contributed by atoms with E-state index >= 15 is 0 Å². The lowest BCUT2D eigenvalue weighted by molar-refractivity contribution is 0.0655. The van der Waals surface area contributed by atoms with Gasteiger partial charge in [0.25, 0.3) is 11.5 Å². The summed E-state index contributed by atoms with van der Waals surface area (Å²) in [6.45, 7) is 11.4. The van der Waals surface area contributed by atoms with E-state index in [1.807, 2.05) is 73.3 Å². The third-order valence-corrected chi connectivity index (χ3v) is 7.14. The van der Waals surface area contributed by atoms with Gasteiger partial charge in [0, 0.05) is 12.1 Å². The van der Waals surface area contributed by atoms with Crippen LogP contribution in [-0.4, -0.2) is 33.5 Å². The standard InChI is InChI=1S/C34H41N3O3/c1-6-8-9-12-26-15-17-27(18-16-26)33(38)36(23-24(3)4)25(5)32-35-31-14-11-10-13-30(31)34(39)37(32)28-19-21-29(22-20-28)40-7-2/h10-11,13-22,24-25H,6-9,12,23H2,1-5H3. The molecule has 1 heterocycles. The highest BCUT2D eigenvalue weighted by atomic mass is 16.5. The molecular weight excluding hydrogens is 498 g/mol. The summed E-state index contributed by atoms with van der Waals surface area (Å²) in [6, 6.07) is 22.3. The first kappa shape index (κ1) is 29.1. The van der Waals surface area contributed by atoms with E-state index in [-0.39, 0.29) is 17.4 Å². The topological polar surface area (TPSA) is 64.4 Å². The Labute approximate surface area is 237 Å². The van der Waals surface area contributed by atoms with E-state index in [1.54, 1.807) is 10.6 Å². The van der Waals surface area contributed by atoms with Crippen LogP contribution >= 0.6 is 0 Å². The number of benzene rings is 3. The molecule has 6 nitrogen and oxygen atoms in total. The molecule has 6 heteroatoms. The zero-order chi connectivity index (χ0) is 28.6. The number of aromatic nitrogens is 2. The van der Waals surface area contributed by atoms with E-state index in [1.165, 1.54) is 18.4 Å². The molecule has 0 aliphatic rings. The van der Waals surface area contributed by atoms with Crippen LogP contribution in [0, 0.1) is 5.92 Å². The molecule has 0 bridgehead atoms. The van der Waals surface area contributed by atoms with E-state index in [0.29, 0.717) is 41.1 Å². The van der Waals surface area contributed by atoms with Gasteiger partial charge in [-0.15, -0.1) is 0 Å². The maximum Gasteiger partial charge on any atom is 0.266 e. The lowest BCUT2D eigenvalue weighted by atomic mass is 10.0. The number of aryl methyl sites for hydroxylation is 1. The van der Waals surface area contributed by atoms with Gasteiger partial charge in [0.1, 0.15) is 11.6 Å². The molecule has 0 fully saturated rings. The number of hydrogen-bond donors (Lipinski definition) is 0. The van der Waals surface area contributed by atoms with Crippen molar-refractivity contribution in [3.8, 4) is 11.4 Å². The Bertz CT molecular complexity index is 1470. The van der Waals surface area contributed by atoms with E-state index in [0.717, 1.165) is 18.6 Å². The second-order valence-corrected chi connectivity index (χ2v) is 10.7. The Kier molecular flexibility index (Phi) is 9.75. The third kappa shape index (κ3) is 6.61. The molecule has 0 radical (unpaired) electrons. The molecule has 0 saturated heterocycles. The van der Waals surface area contributed by atoms with Crippen molar-refractivity contribution in [1.29, 1.82) is 0 Å². The molecule has 0 N–H and O–H groups in total. The van der Waals surface area contributed by atoms with Crippen molar-refractivity contribution in [2.75, 3.05) is 13.2 Å². The van der Waals surface area contributed by atoms with Gasteiger partial charge in [-0.05, 0) is 86.7 Å². The number of amides is 1. The number of fused-ring (bicyclic) bond motifs is 1. The van der Waals surface area contributed by atoms with Gasteiger partial charge in [-0.2, -0.15) is 0 Å². The molecule has 0 saturated carbocycles. The van der Waals surface area contributed by atoms with Crippen LogP contribution in [-0.2, 0) is 6.42 Å². The molecule has 0 aliphatic carbocycles. The third-order valence-electron chi connectivity index (χ3n) is 7.14. The molecule has 1 unspecified atom stereocenters. The smallest absolute Gasteiger partial charge is 0.266 e. The van der Waals surface area contributed by atoms with Crippen LogP contribution in [0.2, 0.25) is 0 Å². The lowest BCUT2D eigenvalue weighted by Gasteiger charge is -2.32. The predicted octanol–water partition coefficient (Wildman–Crippen LogP) is 7.38. The molecular formula is C34H41N3O3. The first-order valence-electron chi connectivity index (χ1n) is 14.5. The van der Waals surface area contributed by atoms with Gasteiger partial charge in [-0.1, -0.05) is 57.9 Å². The monoisotopic (exact) mass is 539 g/mol. The number of hydrogen-bond acceptors (Lipinski definition) is 4. The number of carbonyl (C=O) groups is 1. The van der Waals surface area contributed by atoms with Crippen molar-refractivity contribution in [2.45, 2.75) is 66.3 Å². The average Bonchev–Trinajstić information content (AvgIpc) is 2.96. The summed E-state index contributed by atoms with van der Waals surface area (Å²) >= 11 is 0. The minimum atomic E-state index is -0.456. The van der Waals surface area contributed by atoms with E-state index < -0.39 is 6.04 Å². The first-order valence-corrected chi connectivity index (χ1v) is 14.5. The summed E-state index contributed by atoms with van der Waals surface area (Å²) < 4.78 is 7.26. The Morgan fingerprint density at radius 2 is 1.62 bits per heavy atom. The minimum Gasteiger partial charge on any atom is -0.494 e. The van der Waals surface area contributed by atoms with Crippen LogP contribution in [0.15, 0.2) is 77.6 Å². The number of unbranched alkanes of at least 4 members (excludes halogenated alkanes) is 2. The second kappa shape index (κ2) is 13.4. The van der Waals surface area contributed by atoms with E-state index in [9.17, 15) is 9.59 Å². The van der Waals surface area contributed by atoms with Gasteiger partial charge in [0.05, 0.1) is 29.2 Å². The highest BCUT2D eigenvalue weighted by Crippen LogP contribution is 2.26. The van der Waals surface area contributed by atoms with E-state index in [2.05, 4.69) is 32.9 Å². The first-order chi connectivity index (χ1) is 19.3. The van der Waals surface area contributed by atoms with Crippen LogP contribution < -0.4 is 10.3 Å². The normalized spacial score (nSPS) is 12.1. The number of carbonyl (C=O) groups excluding carboxylic acids is 1. The molecule has 0 aliphatic heterocycles. The lowest BCUT2D eigenvalue weighted by Crippen LogP contribution is -2.39. The van der Waals surface area contributed by atoms with Crippen LogP contribution in [0.5, 0.6) is 5.75 Å². The number of ether oxygens (including phenoxy) is 1. The Morgan fingerprint density at radius 3 is 2.27 bits per heavy atom. The van der Waals surface area contributed by atoms with Crippen LogP contribution in [0.25, 0.3) is 16.6 Å². The van der Waals surface area contributed by atoms with Gasteiger partial charge in [0.2, 0.25) is 0 Å². The molecule has 4 aromatic rings. The maximum absolute atomic E-state index is 14.0. The summed E-state index contributed by atoms with van der Waals surface area (Å²) in [5.41, 5.74) is 3.02. The van der Waals surface area contributed by atoms with Crippen LogP contribution in [0.1, 0.15) is 81.7 Å². The summed E-state index contributed by atoms with van der Waals surface area (Å²) in [7, 11) is 0. The molecule has 4 rings (SSSR count). The highest BCUT2D eigenvalue weighted by Gasteiger charge is 2.28. The van der Waals surface area contributed by atoms with Gasteiger partial charge < -0.3 is 9.64 Å². The molecule has 210 valence electrons.